The molecule has 1 aromatic rings. The fourth-order valence-electron chi connectivity index (χ4n) is 7.09. The van der Waals surface area contributed by atoms with Crippen LogP contribution in [-0.4, -0.2) is 12.6 Å². The van der Waals surface area contributed by atoms with Gasteiger partial charge in [0.2, 0.25) is 0 Å². The molecule has 4 atom stereocenters. The molecule has 3 aliphatic rings. The highest BCUT2D eigenvalue weighted by Crippen LogP contribution is 2.50. The third-order valence-corrected chi connectivity index (χ3v) is 8.86. The molecule has 0 radical (unpaired) electrons. The Morgan fingerprint density at radius 3 is 2.31 bits per heavy atom. The van der Waals surface area contributed by atoms with Crippen molar-refractivity contribution in [3.63, 3.8) is 0 Å². The van der Waals surface area contributed by atoms with Gasteiger partial charge in [0.05, 0.1) is 5.92 Å². The van der Waals surface area contributed by atoms with Gasteiger partial charge in [0, 0.05) is 12.1 Å². The molecule has 0 aliphatic heterocycles. The Hall–Kier alpha value is -2.17. The van der Waals surface area contributed by atoms with Crippen LogP contribution in [-0.2, 0) is 4.79 Å². The second kappa shape index (κ2) is 12.2. The van der Waals surface area contributed by atoms with E-state index in [-0.39, 0.29) is 24.2 Å². The van der Waals surface area contributed by atoms with Crippen molar-refractivity contribution in [2.75, 3.05) is 6.61 Å². The third kappa shape index (κ3) is 6.34. The molecule has 4 rings (SSSR count). The number of ether oxygens (including phenoxy) is 2. The van der Waals surface area contributed by atoms with Crippen molar-refractivity contribution >= 4 is 5.97 Å². The molecule has 192 valence electrons. The van der Waals surface area contributed by atoms with Gasteiger partial charge in [-0.25, -0.2) is 8.78 Å². The summed E-state index contributed by atoms with van der Waals surface area (Å²) in [6, 6.07) is 2.06. The summed E-state index contributed by atoms with van der Waals surface area (Å²) in [4.78, 5) is 13.1. The van der Waals surface area contributed by atoms with Crippen molar-refractivity contribution in [1.82, 2.24) is 0 Å². The fourth-order valence-corrected chi connectivity index (χ4v) is 7.09. The molecular weight excluding hydrogens is 446 g/mol. The Labute approximate surface area is 209 Å². The van der Waals surface area contributed by atoms with E-state index in [9.17, 15) is 13.6 Å². The lowest BCUT2D eigenvalue weighted by atomic mass is 9.59. The van der Waals surface area contributed by atoms with Crippen LogP contribution in [0.25, 0.3) is 0 Å². The fraction of sp³-hybridized carbons (Fsp3) is 0.633. The zero-order valence-electron chi connectivity index (χ0n) is 20.9. The van der Waals surface area contributed by atoms with Crippen LogP contribution in [0, 0.1) is 47.1 Å². The molecule has 0 bridgehead atoms. The zero-order chi connectivity index (χ0) is 24.8. The quantitative estimate of drug-likeness (QED) is 0.201. The summed E-state index contributed by atoms with van der Waals surface area (Å²) in [5, 5.41) is 0. The summed E-state index contributed by atoms with van der Waals surface area (Å²) in [6.45, 7) is 7.33. The first kappa shape index (κ1) is 25.9. The van der Waals surface area contributed by atoms with Crippen molar-refractivity contribution in [2.24, 2.45) is 35.5 Å². The normalized spacial score (nSPS) is 30.7. The lowest BCUT2D eigenvalue weighted by Gasteiger charge is -2.46. The van der Waals surface area contributed by atoms with E-state index in [4.69, 9.17) is 9.47 Å². The topological polar surface area (TPSA) is 35.5 Å². The summed E-state index contributed by atoms with van der Waals surface area (Å²) < 4.78 is 39.2. The molecule has 35 heavy (non-hydrogen) atoms. The minimum Gasteiger partial charge on any atom is -0.483 e. The third-order valence-electron chi connectivity index (χ3n) is 8.86. The second-order valence-corrected chi connectivity index (χ2v) is 10.9. The smallest absolute Gasteiger partial charge is 0.314 e. The van der Waals surface area contributed by atoms with Gasteiger partial charge in [0.15, 0.2) is 17.4 Å². The number of rotatable bonds is 9. The molecule has 0 heterocycles. The number of carbonyl (C=O) groups excluding carboxylic acids is 1. The Bertz CT molecular complexity index is 867. The number of halogens is 2. The standard InChI is InChI=1S/C30H40F2O3/c1-3-5-7-20-10-12-21(13-11-20)22-14-15-25-23(17-22)8-6-9-26(25)30(33)35-24-18-27(31)29(28(32)19-24)34-16-4-2/h3-4,18-23,25-26H,1-2,5-17H2. The first-order valence-corrected chi connectivity index (χ1v) is 13.6. The number of benzene rings is 1. The highest BCUT2D eigenvalue weighted by molar-refractivity contribution is 5.75. The Morgan fingerprint density at radius 2 is 1.63 bits per heavy atom. The van der Waals surface area contributed by atoms with E-state index in [1.165, 1.54) is 57.4 Å². The Kier molecular flexibility index (Phi) is 9.02. The van der Waals surface area contributed by atoms with E-state index in [1.807, 2.05) is 6.08 Å². The van der Waals surface area contributed by atoms with Gasteiger partial charge in [0.1, 0.15) is 12.4 Å². The van der Waals surface area contributed by atoms with Gasteiger partial charge >= 0.3 is 5.97 Å². The SMILES string of the molecule is C=CCCC1CCC(C2CCC3C(CCCC3C(=O)Oc3cc(F)c(OCC=C)c(F)c3)C2)CC1. The molecule has 0 spiro atoms. The van der Waals surface area contributed by atoms with Gasteiger partial charge < -0.3 is 9.47 Å². The van der Waals surface area contributed by atoms with E-state index in [0.29, 0.717) is 11.8 Å². The molecule has 3 aliphatic carbocycles. The number of carbonyl (C=O) groups is 1. The molecule has 0 aromatic heterocycles. The summed E-state index contributed by atoms with van der Waals surface area (Å²) in [7, 11) is 0. The lowest BCUT2D eigenvalue weighted by molar-refractivity contribution is -0.144. The van der Waals surface area contributed by atoms with Crippen LogP contribution >= 0.6 is 0 Å². The minimum absolute atomic E-state index is 0.00411. The van der Waals surface area contributed by atoms with Gasteiger partial charge in [-0.3, -0.25) is 4.79 Å². The molecule has 0 N–H and O–H groups in total. The van der Waals surface area contributed by atoms with Crippen LogP contribution in [0.15, 0.2) is 37.4 Å². The number of hydrogen-bond donors (Lipinski definition) is 0. The Morgan fingerprint density at radius 1 is 0.914 bits per heavy atom. The second-order valence-electron chi connectivity index (χ2n) is 10.9. The average Bonchev–Trinajstić information content (AvgIpc) is 2.86. The summed E-state index contributed by atoms with van der Waals surface area (Å²) in [5.41, 5.74) is 0. The number of hydrogen-bond acceptors (Lipinski definition) is 3. The van der Waals surface area contributed by atoms with E-state index < -0.39 is 17.4 Å². The lowest BCUT2D eigenvalue weighted by Crippen LogP contribution is -2.40. The monoisotopic (exact) mass is 486 g/mol. The molecule has 3 fully saturated rings. The van der Waals surface area contributed by atoms with E-state index in [0.717, 1.165) is 55.6 Å². The van der Waals surface area contributed by atoms with Crippen LogP contribution < -0.4 is 9.47 Å². The number of fused-ring (bicyclic) bond motifs is 1. The highest BCUT2D eigenvalue weighted by Gasteiger charge is 2.43. The Balaban J connectivity index is 1.33. The first-order chi connectivity index (χ1) is 17.0. The summed E-state index contributed by atoms with van der Waals surface area (Å²) in [5.74, 6) is 0.484. The maximum atomic E-state index is 14.3. The largest absolute Gasteiger partial charge is 0.483 e. The van der Waals surface area contributed by atoms with Crippen LogP contribution in [0.1, 0.15) is 77.0 Å². The molecule has 4 unspecified atom stereocenters. The van der Waals surface area contributed by atoms with E-state index >= 15 is 0 Å². The van der Waals surface area contributed by atoms with Gasteiger partial charge in [-0.2, -0.15) is 0 Å². The van der Waals surface area contributed by atoms with Crippen LogP contribution in [0.5, 0.6) is 11.5 Å². The molecule has 3 saturated carbocycles. The van der Waals surface area contributed by atoms with Gasteiger partial charge in [-0.15, -0.1) is 6.58 Å². The van der Waals surface area contributed by atoms with E-state index in [2.05, 4.69) is 13.2 Å². The molecule has 3 nitrogen and oxygen atoms in total. The molecular formula is C30H40F2O3. The van der Waals surface area contributed by atoms with Crippen molar-refractivity contribution in [3.05, 3.63) is 49.1 Å². The van der Waals surface area contributed by atoms with Crippen LogP contribution in [0.2, 0.25) is 0 Å². The molecule has 5 heteroatoms. The van der Waals surface area contributed by atoms with Gasteiger partial charge in [-0.1, -0.05) is 44.4 Å². The highest BCUT2D eigenvalue weighted by atomic mass is 19.1. The van der Waals surface area contributed by atoms with Crippen molar-refractivity contribution < 1.29 is 23.0 Å². The first-order valence-electron chi connectivity index (χ1n) is 13.6. The summed E-state index contributed by atoms with van der Waals surface area (Å²) in [6.07, 6.45) is 17.7. The minimum atomic E-state index is -0.879. The maximum Gasteiger partial charge on any atom is 0.314 e. The zero-order valence-corrected chi connectivity index (χ0v) is 20.9. The van der Waals surface area contributed by atoms with Crippen LogP contribution in [0.3, 0.4) is 0 Å². The molecule has 0 amide bonds. The van der Waals surface area contributed by atoms with Crippen molar-refractivity contribution in [1.29, 1.82) is 0 Å². The molecule has 0 saturated heterocycles. The maximum absolute atomic E-state index is 14.3. The van der Waals surface area contributed by atoms with E-state index in [1.54, 1.807) is 0 Å². The summed E-state index contributed by atoms with van der Waals surface area (Å²) >= 11 is 0. The molecule has 1 aromatic carbocycles. The van der Waals surface area contributed by atoms with Gasteiger partial charge in [-0.05, 0) is 81.0 Å². The van der Waals surface area contributed by atoms with Crippen molar-refractivity contribution in [3.8, 4) is 11.5 Å². The van der Waals surface area contributed by atoms with Crippen LogP contribution in [0.4, 0.5) is 8.78 Å². The number of esters is 1. The van der Waals surface area contributed by atoms with Gasteiger partial charge in [0.25, 0.3) is 0 Å². The number of allylic oxidation sites excluding steroid dienone is 1. The average molecular weight is 487 g/mol. The predicted molar refractivity (Wildman–Crippen MR) is 134 cm³/mol. The predicted octanol–water partition coefficient (Wildman–Crippen LogP) is 8.04. The van der Waals surface area contributed by atoms with Crippen molar-refractivity contribution in [2.45, 2.75) is 77.0 Å².